The van der Waals surface area contributed by atoms with Crippen LogP contribution in [0, 0.1) is 11.3 Å². The van der Waals surface area contributed by atoms with E-state index in [1.807, 2.05) is 0 Å². The van der Waals surface area contributed by atoms with Crippen molar-refractivity contribution in [3.8, 4) is 6.07 Å². The highest BCUT2D eigenvalue weighted by Crippen LogP contribution is 2.44. The lowest BCUT2D eigenvalue weighted by Crippen LogP contribution is -2.48. The van der Waals surface area contributed by atoms with E-state index in [1.165, 1.54) is 11.2 Å². The molecule has 1 aliphatic carbocycles. The second-order valence-corrected chi connectivity index (χ2v) is 7.49. The van der Waals surface area contributed by atoms with Crippen LogP contribution in [0.3, 0.4) is 0 Å². The Kier molecular flexibility index (Phi) is 5.25. The average molecular weight is 420 g/mol. The maximum atomic E-state index is 12.9. The van der Waals surface area contributed by atoms with Crippen LogP contribution in [-0.2, 0) is 4.79 Å². The largest absolute Gasteiger partial charge is 0.383 e. The number of carbonyl (C=O) groups excluding carboxylic acids is 2. The summed E-state index contributed by atoms with van der Waals surface area (Å²) in [5.74, 6) is -0.986. The number of benzene rings is 1. The quantitative estimate of drug-likeness (QED) is 0.790. The van der Waals surface area contributed by atoms with E-state index in [2.05, 4.69) is 16.5 Å². The SMILES string of the molecule is N#CC1=C(N)N(NC(=O)c2cccnc2)C2=C(C(=O)CCC2)C1c1ccc(Cl)cc1. The number of Topliss-reactive ketones (excluding diaryl/α,β-unsaturated/α-hetero) is 1. The van der Waals surface area contributed by atoms with Crippen molar-refractivity contribution in [2.24, 2.45) is 5.73 Å². The van der Waals surface area contributed by atoms with Gasteiger partial charge in [0, 0.05) is 35.1 Å². The fourth-order valence-corrected chi connectivity index (χ4v) is 3.99. The van der Waals surface area contributed by atoms with Gasteiger partial charge in [0.2, 0.25) is 0 Å². The van der Waals surface area contributed by atoms with Gasteiger partial charge in [-0.3, -0.25) is 20.0 Å². The summed E-state index contributed by atoms with van der Waals surface area (Å²) in [7, 11) is 0. The van der Waals surface area contributed by atoms with Gasteiger partial charge in [-0.05, 0) is 42.7 Å². The molecule has 1 unspecified atom stereocenters. The number of aromatic nitrogens is 1. The molecule has 3 N–H and O–H groups in total. The van der Waals surface area contributed by atoms with Gasteiger partial charge in [0.05, 0.1) is 23.1 Å². The molecule has 2 aromatic rings. The topological polar surface area (TPSA) is 112 Å². The van der Waals surface area contributed by atoms with Gasteiger partial charge in [-0.25, -0.2) is 5.01 Å². The van der Waals surface area contributed by atoms with Gasteiger partial charge in [0.15, 0.2) is 5.78 Å². The number of rotatable bonds is 3. The molecular weight excluding hydrogens is 402 g/mol. The van der Waals surface area contributed by atoms with Crippen molar-refractivity contribution in [2.45, 2.75) is 25.2 Å². The number of hydrazine groups is 1. The van der Waals surface area contributed by atoms with Gasteiger partial charge in [0.25, 0.3) is 5.91 Å². The van der Waals surface area contributed by atoms with Crippen LogP contribution in [0.2, 0.25) is 5.02 Å². The Labute approximate surface area is 178 Å². The van der Waals surface area contributed by atoms with Crippen molar-refractivity contribution in [3.05, 3.63) is 87.6 Å². The van der Waals surface area contributed by atoms with Crippen LogP contribution < -0.4 is 11.2 Å². The molecule has 1 aromatic carbocycles. The minimum absolute atomic E-state index is 0.0583. The molecule has 0 radical (unpaired) electrons. The number of nitrogens with zero attached hydrogens (tertiary/aromatic N) is 3. The van der Waals surface area contributed by atoms with Crippen molar-refractivity contribution in [1.82, 2.24) is 15.4 Å². The molecule has 4 rings (SSSR count). The van der Waals surface area contributed by atoms with E-state index >= 15 is 0 Å². The zero-order valence-corrected chi connectivity index (χ0v) is 16.7. The van der Waals surface area contributed by atoms with E-state index in [0.717, 1.165) is 5.56 Å². The highest BCUT2D eigenvalue weighted by atomic mass is 35.5. The molecule has 1 aromatic heterocycles. The van der Waals surface area contributed by atoms with Crippen molar-refractivity contribution < 1.29 is 9.59 Å². The summed E-state index contributed by atoms with van der Waals surface area (Å²) in [6.45, 7) is 0. The van der Waals surface area contributed by atoms with Gasteiger partial charge in [-0.15, -0.1) is 0 Å². The molecule has 1 aliphatic heterocycles. The molecule has 8 heteroatoms. The first-order valence-electron chi connectivity index (χ1n) is 9.44. The second-order valence-electron chi connectivity index (χ2n) is 7.05. The predicted octanol–water partition coefficient (Wildman–Crippen LogP) is 3.18. The first kappa shape index (κ1) is 19.7. The molecule has 30 heavy (non-hydrogen) atoms. The molecule has 0 fully saturated rings. The molecular formula is C22H18ClN5O2. The average Bonchev–Trinajstić information content (AvgIpc) is 2.76. The van der Waals surface area contributed by atoms with Crippen LogP contribution in [-0.4, -0.2) is 21.7 Å². The zero-order chi connectivity index (χ0) is 21.3. The summed E-state index contributed by atoms with van der Waals surface area (Å²) in [4.78, 5) is 29.6. The number of hydrogen-bond acceptors (Lipinski definition) is 6. The minimum Gasteiger partial charge on any atom is -0.383 e. The predicted molar refractivity (Wildman–Crippen MR) is 110 cm³/mol. The maximum absolute atomic E-state index is 12.9. The van der Waals surface area contributed by atoms with Gasteiger partial charge in [-0.1, -0.05) is 23.7 Å². The van der Waals surface area contributed by atoms with Crippen LogP contribution in [0.25, 0.3) is 0 Å². The Morgan fingerprint density at radius 2 is 2.03 bits per heavy atom. The maximum Gasteiger partial charge on any atom is 0.271 e. The lowest BCUT2D eigenvalue weighted by Gasteiger charge is -2.39. The number of carbonyl (C=O) groups is 2. The van der Waals surface area contributed by atoms with Crippen LogP contribution in [0.5, 0.6) is 0 Å². The second kappa shape index (κ2) is 8.01. The first-order chi connectivity index (χ1) is 14.5. The number of nitrogens with two attached hydrogens (primary N) is 1. The lowest BCUT2D eigenvalue weighted by atomic mass is 9.76. The number of nitrogens with one attached hydrogen (secondary N) is 1. The molecule has 7 nitrogen and oxygen atoms in total. The third-order valence-electron chi connectivity index (χ3n) is 5.25. The Bertz CT molecular complexity index is 1120. The molecule has 2 aliphatic rings. The highest BCUT2D eigenvalue weighted by molar-refractivity contribution is 6.30. The number of allylic oxidation sites excluding steroid dienone is 3. The van der Waals surface area contributed by atoms with E-state index in [1.54, 1.807) is 42.6 Å². The lowest BCUT2D eigenvalue weighted by molar-refractivity contribution is -0.116. The smallest absolute Gasteiger partial charge is 0.271 e. The monoisotopic (exact) mass is 419 g/mol. The van der Waals surface area contributed by atoms with E-state index in [0.29, 0.717) is 41.1 Å². The molecule has 1 amide bonds. The van der Waals surface area contributed by atoms with Crippen LogP contribution in [0.15, 0.2) is 71.5 Å². The number of pyridine rings is 1. The Hall–Kier alpha value is -3.63. The third-order valence-corrected chi connectivity index (χ3v) is 5.51. The van der Waals surface area contributed by atoms with E-state index in [4.69, 9.17) is 17.3 Å². The van der Waals surface area contributed by atoms with E-state index in [-0.39, 0.29) is 17.2 Å². The number of hydrogen-bond donors (Lipinski definition) is 2. The molecule has 0 saturated carbocycles. The van der Waals surface area contributed by atoms with Crippen molar-refractivity contribution >= 4 is 23.3 Å². The highest BCUT2D eigenvalue weighted by Gasteiger charge is 2.40. The summed E-state index contributed by atoms with van der Waals surface area (Å²) in [5, 5.41) is 11.8. The number of ketones is 1. The Balaban J connectivity index is 1.81. The molecule has 1 atom stereocenters. The summed E-state index contributed by atoms with van der Waals surface area (Å²) >= 11 is 6.01. The summed E-state index contributed by atoms with van der Waals surface area (Å²) < 4.78 is 0. The zero-order valence-electron chi connectivity index (χ0n) is 15.9. The van der Waals surface area contributed by atoms with Gasteiger partial charge < -0.3 is 5.73 Å². The minimum atomic E-state index is -0.596. The van der Waals surface area contributed by atoms with Gasteiger partial charge in [0.1, 0.15) is 5.82 Å². The molecule has 0 bridgehead atoms. The van der Waals surface area contributed by atoms with Crippen LogP contribution in [0.1, 0.15) is 41.1 Å². The normalized spacial score (nSPS) is 18.7. The van der Waals surface area contributed by atoms with Gasteiger partial charge in [-0.2, -0.15) is 5.26 Å². The van der Waals surface area contributed by atoms with Crippen LogP contribution in [0.4, 0.5) is 0 Å². The third kappa shape index (κ3) is 3.42. The summed E-state index contributed by atoms with van der Waals surface area (Å²) in [6.07, 6.45) is 4.57. The number of amides is 1. The Morgan fingerprint density at radius 3 is 2.70 bits per heavy atom. The molecule has 150 valence electrons. The van der Waals surface area contributed by atoms with Gasteiger partial charge >= 0.3 is 0 Å². The fraction of sp³-hybridized carbons (Fsp3) is 0.182. The molecule has 0 saturated heterocycles. The summed E-state index contributed by atoms with van der Waals surface area (Å²) in [5.41, 5.74) is 11.5. The number of halogens is 1. The van der Waals surface area contributed by atoms with Crippen molar-refractivity contribution in [2.75, 3.05) is 0 Å². The molecule has 2 heterocycles. The van der Waals surface area contributed by atoms with Crippen LogP contribution >= 0.6 is 11.6 Å². The molecule has 0 spiro atoms. The number of nitriles is 1. The standard InChI is InChI=1S/C22H18ClN5O2/c23-15-8-6-13(7-9-15)19-16(11-24)21(25)28(17-4-1-5-18(29)20(17)19)27-22(30)14-3-2-10-26-12-14/h2-3,6-10,12,19H,1,4-5,25H2,(H,27,30). The Morgan fingerprint density at radius 1 is 1.27 bits per heavy atom. The van der Waals surface area contributed by atoms with E-state index < -0.39 is 11.8 Å². The van der Waals surface area contributed by atoms with Crippen molar-refractivity contribution in [3.63, 3.8) is 0 Å². The van der Waals surface area contributed by atoms with Crippen molar-refractivity contribution in [1.29, 1.82) is 5.26 Å². The first-order valence-corrected chi connectivity index (χ1v) is 9.81. The summed E-state index contributed by atoms with van der Waals surface area (Å²) in [6, 6.07) is 12.4. The fourth-order valence-electron chi connectivity index (χ4n) is 3.87. The van der Waals surface area contributed by atoms with E-state index in [9.17, 15) is 14.9 Å².